The number of rotatable bonds is 4. The Labute approximate surface area is 122 Å². The topological polar surface area (TPSA) is 66.4 Å². The molecule has 0 unspecified atom stereocenters. The molecule has 0 aromatic heterocycles. The lowest BCUT2D eigenvalue weighted by atomic mass is 9.94. The van der Waals surface area contributed by atoms with Crippen molar-refractivity contribution >= 4 is 43.7 Å². The van der Waals surface area contributed by atoms with Crippen LogP contribution in [0.4, 0.5) is 0 Å². The molecule has 1 aromatic rings. The predicted octanol–water partition coefficient (Wildman–Crippen LogP) is 3.05. The van der Waals surface area contributed by atoms with Crippen molar-refractivity contribution in [1.82, 2.24) is 5.32 Å². The number of halogens is 2. The Bertz CT molecular complexity index is 486. The lowest BCUT2D eigenvalue weighted by molar-refractivity contribution is -0.146. The molecule has 98 valence electrons. The SMILES string of the molecule is CC(C)(CNC(=O)c1ccc(Br)cc1Br)C(=O)O. The summed E-state index contributed by atoms with van der Waals surface area (Å²) < 4.78 is 1.51. The van der Waals surface area contributed by atoms with Crippen molar-refractivity contribution in [3.05, 3.63) is 32.7 Å². The molecule has 1 aromatic carbocycles. The van der Waals surface area contributed by atoms with Crippen molar-refractivity contribution in [2.75, 3.05) is 6.54 Å². The summed E-state index contributed by atoms with van der Waals surface area (Å²) >= 11 is 6.59. The number of carboxylic acid groups (broad SMARTS) is 1. The maximum Gasteiger partial charge on any atom is 0.310 e. The van der Waals surface area contributed by atoms with Gasteiger partial charge in [0.15, 0.2) is 0 Å². The van der Waals surface area contributed by atoms with Crippen LogP contribution in [0.2, 0.25) is 0 Å². The average molecular weight is 379 g/mol. The Morgan fingerprint density at radius 3 is 2.44 bits per heavy atom. The fourth-order valence-corrected chi connectivity index (χ4v) is 2.37. The fraction of sp³-hybridized carbons (Fsp3) is 0.333. The van der Waals surface area contributed by atoms with E-state index in [1.807, 2.05) is 0 Å². The molecule has 2 N–H and O–H groups in total. The Balaban J connectivity index is 2.75. The maximum absolute atomic E-state index is 11.9. The van der Waals surface area contributed by atoms with Gasteiger partial charge in [-0.2, -0.15) is 0 Å². The van der Waals surface area contributed by atoms with Crippen molar-refractivity contribution in [3.8, 4) is 0 Å². The monoisotopic (exact) mass is 377 g/mol. The summed E-state index contributed by atoms with van der Waals surface area (Å²) in [5.74, 6) is -1.25. The Hall–Kier alpha value is -0.880. The summed E-state index contributed by atoms with van der Waals surface area (Å²) in [6.07, 6.45) is 0. The van der Waals surface area contributed by atoms with E-state index in [1.165, 1.54) is 0 Å². The molecular formula is C12H13Br2NO3. The number of carboxylic acids is 1. The molecule has 0 radical (unpaired) electrons. The van der Waals surface area contributed by atoms with E-state index in [4.69, 9.17) is 5.11 Å². The highest BCUT2D eigenvalue weighted by Gasteiger charge is 2.27. The number of carbonyl (C=O) groups is 2. The molecule has 0 fully saturated rings. The first kappa shape index (κ1) is 15.2. The minimum atomic E-state index is -0.989. The summed E-state index contributed by atoms with van der Waals surface area (Å²) in [5, 5.41) is 11.6. The van der Waals surface area contributed by atoms with Gasteiger partial charge < -0.3 is 10.4 Å². The van der Waals surface area contributed by atoms with Crippen LogP contribution >= 0.6 is 31.9 Å². The second kappa shape index (κ2) is 5.84. The number of hydrogen-bond acceptors (Lipinski definition) is 2. The van der Waals surface area contributed by atoms with Gasteiger partial charge >= 0.3 is 5.97 Å². The molecule has 0 atom stereocenters. The Kier molecular flexibility index (Phi) is 4.92. The first-order valence-corrected chi connectivity index (χ1v) is 6.79. The van der Waals surface area contributed by atoms with Crippen LogP contribution in [0, 0.1) is 5.41 Å². The molecule has 0 saturated carbocycles. The summed E-state index contributed by atoms with van der Waals surface area (Å²) in [5.41, 5.74) is -0.517. The highest BCUT2D eigenvalue weighted by Crippen LogP contribution is 2.22. The molecular weight excluding hydrogens is 366 g/mol. The van der Waals surface area contributed by atoms with Gasteiger partial charge in [0.05, 0.1) is 11.0 Å². The first-order valence-electron chi connectivity index (χ1n) is 5.20. The van der Waals surface area contributed by atoms with Crippen molar-refractivity contribution < 1.29 is 14.7 Å². The van der Waals surface area contributed by atoms with Crippen LogP contribution in [-0.4, -0.2) is 23.5 Å². The highest BCUT2D eigenvalue weighted by atomic mass is 79.9. The van der Waals surface area contributed by atoms with Crippen LogP contribution in [0.5, 0.6) is 0 Å². The number of aliphatic carboxylic acids is 1. The van der Waals surface area contributed by atoms with Gasteiger partial charge in [-0.25, -0.2) is 0 Å². The van der Waals surface area contributed by atoms with E-state index in [1.54, 1.807) is 32.0 Å². The van der Waals surface area contributed by atoms with E-state index in [0.29, 0.717) is 10.0 Å². The van der Waals surface area contributed by atoms with Gasteiger partial charge in [0.1, 0.15) is 0 Å². The number of hydrogen-bond donors (Lipinski definition) is 2. The van der Waals surface area contributed by atoms with Crippen LogP contribution in [-0.2, 0) is 4.79 Å². The molecule has 1 rings (SSSR count). The lowest BCUT2D eigenvalue weighted by Crippen LogP contribution is -2.39. The maximum atomic E-state index is 11.9. The van der Waals surface area contributed by atoms with Crippen molar-refractivity contribution in [1.29, 1.82) is 0 Å². The fourth-order valence-electron chi connectivity index (χ4n) is 1.15. The molecule has 0 bridgehead atoms. The third kappa shape index (κ3) is 3.81. The van der Waals surface area contributed by atoms with Crippen LogP contribution in [0.1, 0.15) is 24.2 Å². The van der Waals surface area contributed by atoms with Gasteiger partial charge in [0, 0.05) is 15.5 Å². The van der Waals surface area contributed by atoms with Gasteiger partial charge in [-0.1, -0.05) is 15.9 Å². The first-order chi connectivity index (χ1) is 8.24. The molecule has 18 heavy (non-hydrogen) atoms. The molecule has 0 aliphatic heterocycles. The number of carbonyl (C=O) groups excluding carboxylic acids is 1. The third-order valence-corrected chi connectivity index (χ3v) is 3.59. The molecule has 1 amide bonds. The normalized spacial score (nSPS) is 11.1. The predicted molar refractivity (Wildman–Crippen MR) is 75.6 cm³/mol. The van der Waals surface area contributed by atoms with E-state index < -0.39 is 11.4 Å². The molecule has 0 heterocycles. The molecule has 0 aliphatic rings. The summed E-state index contributed by atoms with van der Waals surface area (Å²) in [7, 11) is 0. The van der Waals surface area contributed by atoms with E-state index in [2.05, 4.69) is 37.2 Å². The van der Waals surface area contributed by atoms with E-state index in [-0.39, 0.29) is 12.5 Å². The molecule has 0 aliphatic carbocycles. The van der Waals surface area contributed by atoms with Gasteiger partial charge in [0.2, 0.25) is 0 Å². The van der Waals surface area contributed by atoms with Crippen LogP contribution in [0.3, 0.4) is 0 Å². The van der Waals surface area contributed by atoms with Crippen LogP contribution in [0.25, 0.3) is 0 Å². The molecule has 0 saturated heterocycles. The highest BCUT2D eigenvalue weighted by molar-refractivity contribution is 9.11. The van der Waals surface area contributed by atoms with E-state index in [9.17, 15) is 9.59 Å². The second-order valence-corrected chi connectivity index (χ2v) is 6.27. The Morgan fingerprint density at radius 1 is 1.33 bits per heavy atom. The second-order valence-electron chi connectivity index (χ2n) is 4.50. The molecule has 4 nitrogen and oxygen atoms in total. The summed E-state index contributed by atoms with van der Waals surface area (Å²) in [4.78, 5) is 22.8. The van der Waals surface area contributed by atoms with Gasteiger partial charge in [0.25, 0.3) is 5.91 Å². The standard InChI is InChI=1S/C12H13Br2NO3/c1-12(2,11(17)18)6-15-10(16)8-4-3-7(13)5-9(8)14/h3-5H,6H2,1-2H3,(H,15,16)(H,17,18). The minimum absolute atomic E-state index is 0.0731. The number of nitrogens with one attached hydrogen (secondary N) is 1. The molecule has 0 spiro atoms. The summed E-state index contributed by atoms with van der Waals surface area (Å²) in [6.45, 7) is 3.20. The van der Waals surface area contributed by atoms with E-state index in [0.717, 1.165) is 4.47 Å². The van der Waals surface area contributed by atoms with Gasteiger partial charge in [-0.05, 0) is 48.0 Å². The summed E-state index contributed by atoms with van der Waals surface area (Å²) in [6, 6.07) is 5.18. The van der Waals surface area contributed by atoms with Crippen LogP contribution in [0.15, 0.2) is 27.1 Å². The smallest absolute Gasteiger partial charge is 0.310 e. The largest absolute Gasteiger partial charge is 0.481 e. The minimum Gasteiger partial charge on any atom is -0.481 e. The average Bonchev–Trinajstić information content (AvgIpc) is 2.25. The molecule has 6 heteroatoms. The quantitative estimate of drug-likeness (QED) is 0.846. The van der Waals surface area contributed by atoms with Crippen molar-refractivity contribution in [2.24, 2.45) is 5.41 Å². The zero-order chi connectivity index (χ0) is 13.9. The van der Waals surface area contributed by atoms with Crippen LogP contribution < -0.4 is 5.32 Å². The zero-order valence-corrected chi connectivity index (χ0v) is 13.1. The van der Waals surface area contributed by atoms with Crippen molar-refractivity contribution in [3.63, 3.8) is 0 Å². The number of amides is 1. The van der Waals surface area contributed by atoms with E-state index >= 15 is 0 Å². The Morgan fingerprint density at radius 2 is 1.94 bits per heavy atom. The lowest BCUT2D eigenvalue weighted by Gasteiger charge is -2.19. The zero-order valence-electron chi connectivity index (χ0n) is 9.96. The van der Waals surface area contributed by atoms with Gasteiger partial charge in [-0.15, -0.1) is 0 Å². The number of benzene rings is 1. The van der Waals surface area contributed by atoms with Crippen molar-refractivity contribution in [2.45, 2.75) is 13.8 Å². The van der Waals surface area contributed by atoms with Gasteiger partial charge in [-0.3, -0.25) is 9.59 Å². The third-order valence-electron chi connectivity index (χ3n) is 2.45.